The number of benzene rings is 1. The van der Waals surface area contributed by atoms with E-state index in [1.54, 1.807) is 26.0 Å². The standard InChI is InChI=1S/C12H15N5O3S/c1-7-3-4-8(2)10(5-7)21(19,20)17-12-9(6-14-15-12)11(13)16-18/h3-6,18H,1-2H3,(H2,13,16)(H2,14,15,17). The number of rotatable bonds is 4. The molecule has 0 aliphatic rings. The van der Waals surface area contributed by atoms with Gasteiger partial charge in [0.1, 0.15) is 5.82 Å². The SMILES string of the molecule is Cc1ccc(C)c(S(=O)(=O)Nc2[nH]ncc2C(N)=NO)c1. The number of anilines is 1. The summed E-state index contributed by atoms with van der Waals surface area (Å²) in [5, 5.41) is 17.7. The molecular weight excluding hydrogens is 294 g/mol. The van der Waals surface area contributed by atoms with Crippen LogP contribution in [0.5, 0.6) is 0 Å². The van der Waals surface area contributed by atoms with E-state index in [1.165, 1.54) is 6.20 Å². The number of nitrogens with two attached hydrogens (primary N) is 1. The average molecular weight is 309 g/mol. The third-order valence-electron chi connectivity index (χ3n) is 2.89. The Balaban J connectivity index is 2.43. The van der Waals surface area contributed by atoms with Crippen LogP contribution in [-0.4, -0.2) is 29.7 Å². The Hall–Kier alpha value is -2.55. The normalized spacial score (nSPS) is 12.4. The Morgan fingerprint density at radius 2 is 2.14 bits per heavy atom. The van der Waals surface area contributed by atoms with Gasteiger partial charge in [-0.1, -0.05) is 17.3 Å². The van der Waals surface area contributed by atoms with Crippen molar-refractivity contribution in [2.45, 2.75) is 18.7 Å². The van der Waals surface area contributed by atoms with Crippen molar-refractivity contribution >= 4 is 21.7 Å². The number of H-pyrrole nitrogens is 1. The van der Waals surface area contributed by atoms with Crippen molar-refractivity contribution in [3.8, 4) is 0 Å². The number of hydrogen-bond acceptors (Lipinski definition) is 5. The van der Waals surface area contributed by atoms with Crippen LogP contribution in [0.25, 0.3) is 0 Å². The smallest absolute Gasteiger partial charge is 0.263 e. The Bertz CT molecular complexity index is 795. The Kier molecular flexibility index (Phi) is 3.85. The lowest BCUT2D eigenvalue weighted by atomic mass is 10.2. The molecule has 0 saturated carbocycles. The Morgan fingerprint density at radius 3 is 2.81 bits per heavy atom. The minimum absolute atomic E-state index is 0.0335. The topological polar surface area (TPSA) is 133 Å². The highest BCUT2D eigenvalue weighted by Gasteiger charge is 2.20. The molecule has 0 saturated heterocycles. The van der Waals surface area contributed by atoms with Crippen molar-refractivity contribution in [2.24, 2.45) is 10.9 Å². The second-order valence-corrected chi connectivity index (χ2v) is 6.17. The molecule has 2 rings (SSSR count). The van der Waals surface area contributed by atoms with E-state index in [2.05, 4.69) is 20.1 Å². The molecule has 0 amide bonds. The van der Waals surface area contributed by atoms with Crippen LogP contribution in [0.1, 0.15) is 16.7 Å². The molecule has 5 N–H and O–H groups in total. The zero-order valence-electron chi connectivity index (χ0n) is 11.5. The first-order chi connectivity index (χ1) is 9.85. The fraction of sp³-hybridized carbons (Fsp3) is 0.167. The van der Waals surface area contributed by atoms with E-state index in [1.807, 2.05) is 6.07 Å². The number of amidine groups is 1. The molecule has 8 nitrogen and oxygen atoms in total. The maximum absolute atomic E-state index is 12.4. The van der Waals surface area contributed by atoms with E-state index in [0.717, 1.165) is 5.56 Å². The summed E-state index contributed by atoms with van der Waals surface area (Å²) in [5.74, 6) is -0.214. The van der Waals surface area contributed by atoms with Crippen molar-refractivity contribution < 1.29 is 13.6 Å². The summed E-state index contributed by atoms with van der Waals surface area (Å²) < 4.78 is 27.2. The van der Waals surface area contributed by atoms with Gasteiger partial charge >= 0.3 is 0 Å². The fourth-order valence-corrected chi connectivity index (χ4v) is 3.17. The van der Waals surface area contributed by atoms with E-state index < -0.39 is 10.0 Å². The van der Waals surface area contributed by atoms with Gasteiger partial charge in [-0.25, -0.2) is 8.42 Å². The van der Waals surface area contributed by atoms with Gasteiger partial charge in [0.05, 0.1) is 16.7 Å². The van der Waals surface area contributed by atoms with Crippen LogP contribution in [0.2, 0.25) is 0 Å². The lowest BCUT2D eigenvalue weighted by Crippen LogP contribution is -2.19. The number of nitrogens with zero attached hydrogens (tertiary/aromatic N) is 2. The molecular formula is C12H15N5O3S. The van der Waals surface area contributed by atoms with Gasteiger partial charge in [-0.2, -0.15) is 5.10 Å². The highest BCUT2D eigenvalue weighted by Crippen LogP contribution is 2.21. The largest absolute Gasteiger partial charge is 0.409 e. The van der Waals surface area contributed by atoms with Gasteiger partial charge in [-0.3, -0.25) is 9.82 Å². The van der Waals surface area contributed by atoms with Crippen LogP contribution in [0.4, 0.5) is 5.82 Å². The summed E-state index contributed by atoms with van der Waals surface area (Å²) in [6.07, 6.45) is 1.26. The molecule has 1 aromatic carbocycles. The molecule has 0 unspecified atom stereocenters. The Morgan fingerprint density at radius 1 is 1.43 bits per heavy atom. The maximum atomic E-state index is 12.4. The van der Waals surface area contributed by atoms with Crippen LogP contribution < -0.4 is 10.5 Å². The fourth-order valence-electron chi connectivity index (χ4n) is 1.80. The molecule has 0 spiro atoms. The maximum Gasteiger partial charge on any atom is 0.263 e. The summed E-state index contributed by atoms with van der Waals surface area (Å²) >= 11 is 0. The molecule has 0 aliphatic heterocycles. The third kappa shape index (κ3) is 2.97. The summed E-state index contributed by atoms with van der Waals surface area (Å²) in [6, 6.07) is 5.12. The molecule has 21 heavy (non-hydrogen) atoms. The molecule has 112 valence electrons. The third-order valence-corrected chi connectivity index (χ3v) is 4.38. The van der Waals surface area contributed by atoms with Crippen molar-refractivity contribution in [1.29, 1.82) is 0 Å². The summed E-state index contributed by atoms with van der Waals surface area (Å²) in [4.78, 5) is 0.155. The number of aromatic amines is 1. The Labute approximate surface area is 121 Å². The number of aryl methyl sites for hydroxylation is 2. The van der Waals surface area contributed by atoms with Crippen LogP contribution in [0.15, 0.2) is 34.4 Å². The summed E-state index contributed by atoms with van der Waals surface area (Å²) in [7, 11) is -3.81. The van der Waals surface area contributed by atoms with Gasteiger partial charge in [-0.05, 0) is 31.0 Å². The predicted octanol–water partition coefficient (Wildman–Crippen LogP) is 0.922. The second-order valence-electron chi connectivity index (χ2n) is 4.52. The highest BCUT2D eigenvalue weighted by atomic mass is 32.2. The quantitative estimate of drug-likeness (QED) is 0.288. The van der Waals surface area contributed by atoms with E-state index in [9.17, 15) is 8.42 Å². The van der Waals surface area contributed by atoms with E-state index >= 15 is 0 Å². The van der Waals surface area contributed by atoms with Gasteiger partial charge in [0, 0.05) is 0 Å². The van der Waals surface area contributed by atoms with Crippen LogP contribution in [0.3, 0.4) is 0 Å². The first kappa shape index (κ1) is 14.9. The van der Waals surface area contributed by atoms with E-state index in [0.29, 0.717) is 5.56 Å². The monoisotopic (exact) mass is 309 g/mol. The van der Waals surface area contributed by atoms with Crippen LogP contribution in [0, 0.1) is 13.8 Å². The number of hydrogen-bond donors (Lipinski definition) is 4. The summed E-state index contributed by atoms with van der Waals surface area (Å²) in [6.45, 7) is 3.50. The zero-order valence-corrected chi connectivity index (χ0v) is 12.3. The molecule has 0 fully saturated rings. The lowest BCUT2D eigenvalue weighted by molar-refractivity contribution is 0.318. The molecule has 9 heteroatoms. The highest BCUT2D eigenvalue weighted by molar-refractivity contribution is 7.92. The van der Waals surface area contributed by atoms with Crippen molar-refractivity contribution in [3.05, 3.63) is 41.1 Å². The number of oxime groups is 1. The average Bonchev–Trinajstić information content (AvgIpc) is 2.87. The van der Waals surface area contributed by atoms with Crippen molar-refractivity contribution in [3.63, 3.8) is 0 Å². The van der Waals surface area contributed by atoms with Gasteiger partial charge in [0.15, 0.2) is 5.84 Å². The first-order valence-electron chi connectivity index (χ1n) is 5.96. The zero-order chi connectivity index (χ0) is 15.6. The molecule has 0 radical (unpaired) electrons. The predicted molar refractivity (Wildman–Crippen MR) is 77.8 cm³/mol. The van der Waals surface area contributed by atoms with E-state index in [-0.39, 0.29) is 22.1 Å². The molecule has 0 atom stereocenters. The molecule has 0 aliphatic carbocycles. The second kappa shape index (κ2) is 5.44. The lowest BCUT2D eigenvalue weighted by Gasteiger charge is -2.10. The van der Waals surface area contributed by atoms with Crippen molar-refractivity contribution in [2.75, 3.05) is 4.72 Å². The number of aromatic nitrogens is 2. The van der Waals surface area contributed by atoms with E-state index in [4.69, 9.17) is 10.9 Å². The summed E-state index contributed by atoms with van der Waals surface area (Å²) in [5.41, 5.74) is 7.05. The molecule has 1 aromatic heterocycles. The van der Waals surface area contributed by atoms with Crippen LogP contribution in [-0.2, 0) is 10.0 Å². The van der Waals surface area contributed by atoms with Gasteiger partial charge < -0.3 is 10.9 Å². The minimum Gasteiger partial charge on any atom is -0.409 e. The van der Waals surface area contributed by atoms with Crippen molar-refractivity contribution in [1.82, 2.24) is 10.2 Å². The molecule has 0 bridgehead atoms. The van der Waals surface area contributed by atoms with Gasteiger partial charge in [-0.15, -0.1) is 0 Å². The molecule has 1 heterocycles. The van der Waals surface area contributed by atoms with Gasteiger partial charge in [0.25, 0.3) is 10.0 Å². The first-order valence-corrected chi connectivity index (χ1v) is 7.45. The number of sulfonamides is 1. The van der Waals surface area contributed by atoms with Gasteiger partial charge in [0.2, 0.25) is 0 Å². The molecule has 2 aromatic rings. The minimum atomic E-state index is -3.81. The number of nitrogens with one attached hydrogen (secondary N) is 2. The van der Waals surface area contributed by atoms with Crippen LogP contribution >= 0.6 is 0 Å².